The van der Waals surface area contributed by atoms with Crippen molar-refractivity contribution in [1.82, 2.24) is 9.80 Å². The average Bonchev–Trinajstić information content (AvgIpc) is 3.01. The van der Waals surface area contributed by atoms with Crippen molar-refractivity contribution in [3.8, 4) is 0 Å². The molecule has 0 radical (unpaired) electrons. The highest BCUT2D eigenvalue weighted by molar-refractivity contribution is 6.00. The molecule has 1 atom stereocenters. The van der Waals surface area contributed by atoms with Crippen LogP contribution < -0.4 is 4.90 Å². The minimum atomic E-state index is -0.567. The number of rotatable bonds is 2. The first-order valence-corrected chi connectivity index (χ1v) is 9.88. The van der Waals surface area contributed by atoms with Crippen LogP contribution in [0, 0.1) is 18.7 Å². The Morgan fingerprint density at radius 3 is 2.31 bits per heavy atom. The first-order valence-electron chi connectivity index (χ1n) is 9.88. The number of carbonyl (C=O) groups is 3. The molecule has 2 fully saturated rings. The van der Waals surface area contributed by atoms with E-state index in [4.69, 9.17) is 4.74 Å². The minimum Gasteiger partial charge on any atom is -0.444 e. The molecular formula is C21H28FN3O4. The Kier molecular flexibility index (Phi) is 5.82. The molecule has 2 saturated heterocycles. The second kappa shape index (κ2) is 8.00. The van der Waals surface area contributed by atoms with Gasteiger partial charge in [-0.3, -0.25) is 9.59 Å². The number of aryl methyl sites for hydroxylation is 1. The number of hydrogen-bond acceptors (Lipinski definition) is 4. The zero-order chi connectivity index (χ0) is 21.3. The Labute approximate surface area is 170 Å². The second-order valence-electron chi connectivity index (χ2n) is 8.65. The highest BCUT2D eigenvalue weighted by Gasteiger charge is 2.39. The predicted octanol–water partition coefficient (Wildman–Crippen LogP) is 2.57. The lowest BCUT2D eigenvalue weighted by molar-refractivity contribution is -0.137. The van der Waals surface area contributed by atoms with Crippen molar-refractivity contribution >= 4 is 23.6 Å². The maximum atomic E-state index is 14.3. The van der Waals surface area contributed by atoms with Gasteiger partial charge in [-0.15, -0.1) is 0 Å². The fourth-order valence-corrected chi connectivity index (χ4v) is 3.63. The maximum Gasteiger partial charge on any atom is 0.410 e. The first kappa shape index (κ1) is 21.1. The summed E-state index contributed by atoms with van der Waals surface area (Å²) < 4.78 is 19.6. The summed E-state index contributed by atoms with van der Waals surface area (Å²) in [6.07, 6.45) is -0.319. The van der Waals surface area contributed by atoms with Crippen LogP contribution in [0.3, 0.4) is 0 Å². The third kappa shape index (κ3) is 4.86. The van der Waals surface area contributed by atoms with Crippen molar-refractivity contribution in [2.45, 2.75) is 39.7 Å². The third-order valence-corrected chi connectivity index (χ3v) is 5.11. The van der Waals surface area contributed by atoms with Gasteiger partial charge in [0.25, 0.3) is 0 Å². The number of anilines is 1. The summed E-state index contributed by atoms with van der Waals surface area (Å²) in [5.41, 5.74) is 0.419. The topological polar surface area (TPSA) is 70.2 Å². The van der Waals surface area contributed by atoms with Crippen LogP contribution in [0.1, 0.15) is 32.8 Å². The van der Waals surface area contributed by atoms with Gasteiger partial charge >= 0.3 is 6.09 Å². The number of carbonyl (C=O) groups excluding carboxylic acids is 3. The number of hydrogen-bond donors (Lipinski definition) is 0. The van der Waals surface area contributed by atoms with E-state index in [0.29, 0.717) is 26.2 Å². The minimum absolute atomic E-state index is 0.0679. The number of piperazine rings is 1. The average molecular weight is 405 g/mol. The second-order valence-corrected chi connectivity index (χ2v) is 8.65. The number of ether oxygens (including phenoxy) is 1. The van der Waals surface area contributed by atoms with Crippen molar-refractivity contribution in [3.63, 3.8) is 0 Å². The van der Waals surface area contributed by atoms with Gasteiger partial charge in [-0.25, -0.2) is 9.18 Å². The van der Waals surface area contributed by atoms with Gasteiger partial charge in [0.2, 0.25) is 11.8 Å². The van der Waals surface area contributed by atoms with Gasteiger partial charge in [-0.2, -0.15) is 0 Å². The fourth-order valence-electron chi connectivity index (χ4n) is 3.63. The molecule has 3 rings (SSSR count). The largest absolute Gasteiger partial charge is 0.444 e. The number of halogens is 1. The van der Waals surface area contributed by atoms with Crippen molar-refractivity contribution in [1.29, 1.82) is 0 Å². The summed E-state index contributed by atoms with van der Waals surface area (Å²) in [6, 6.07) is 4.71. The summed E-state index contributed by atoms with van der Waals surface area (Å²) in [5.74, 6) is -1.34. The Morgan fingerprint density at radius 1 is 1.10 bits per heavy atom. The lowest BCUT2D eigenvalue weighted by atomic mass is 10.1. The van der Waals surface area contributed by atoms with E-state index >= 15 is 0 Å². The summed E-state index contributed by atoms with van der Waals surface area (Å²) in [6.45, 7) is 8.93. The Hall–Kier alpha value is -2.64. The van der Waals surface area contributed by atoms with E-state index < -0.39 is 17.3 Å². The van der Waals surface area contributed by atoms with E-state index in [1.54, 1.807) is 28.9 Å². The summed E-state index contributed by atoms with van der Waals surface area (Å²) in [7, 11) is 0. The van der Waals surface area contributed by atoms with E-state index in [1.807, 2.05) is 20.8 Å². The zero-order valence-corrected chi connectivity index (χ0v) is 17.4. The Morgan fingerprint density at radius 2 is 1.72 bits per heavy atom. The smallest absolute Gasteiger partial charge is 0.410 e. The molecule has 2 heterocycles. The molecule has 0 N–H and O–H groups in total. The van der Waals surface area contributed by atoms with E-state index in [1.165, 1.54) is 11.0 Å². The van der Waals surface area contributed by atoms with E-state index in [9.17, 15) is 18.8 Å². The van der Waals surface area contributed by atoms with Crippen LogP contribution in [0.2, 0.25) is 0 Å². The molecule has 8 heteroatoms. The van der Waals surface area contributed by atoms with Crippen LogP contribution in [0.5, 0.6) is 0 Å². The van der Waals surface area contributed by atoms with Crippen LogP contribution in [0.4, 0.5) is 14.9 Å². The molecule has 1 unspecified atom stereocenters. The summed E-state index contributed by atoms with van der Waals surface area (Å²) >= 11 is 0. The standard InChI is InChI=1S/C21H28FN3O4/c1-14-5-6-17(16(22)11-14)25-13-15(12-18(25)26)19(27)23-7-9-24(10-8-23)20(28)29-21(2,3)4/h5-6,11,15H,7-10,12-13H2,1-4H3. The molecule has 0 saturated carbocycles. The lowest BCUT2D eigenvalue weighted by Crippen LogP contribution is -2.53. The van der Waals surface area contributed by atoms with E-state index in [0.717, 1.165) is 5.56 Å². The molecule has 158 valence electrons. The molecule has 3 amide bonds. The number of amides is 3. The van der Waals surface area contributed by atoms with Crippen LogP contribution >= 0.6 is 0 Å². The quantitative estimate of drug-likeness (QED) is 0.758. The number of nitrogens with zero attached hydrogens (tertiary/aromatic N) is 3. The van der Waals surface area contributed by atoms with Gasteiger partial charge in [0.15, 0.2) is 0 Å². The van der Waals surface area contributed by atoms with Crippen LogP contribution in [0.15, 0.2) is 18.2 Å². The molecule has 0 aromatic heterocycles. The molecule has 0 bridgehead atoms. The highest BCUT2D eigenvalue weighted by Crippen LogP contribution is 2.29. The molecule has 1 aromatic rings. The monoisotopic (exact) mass is 405 g/mol. The molecule has 0 spiro atoms. The van der Waals surface area contributed by atoms with Crippen LogP contribution in [0.25, 0.3) is 0 Å². The highest BCUT2D eigenvalue weighted by atomic mass is 19.1. The molecule has 2 aliphatic heterocycles. The lowest BCUT2D eigenvalue weighted by Gasteiger charge is -2.36. The molecular weight excluding hydrogens is 377 g/mol. The van der Waals surface area contributed by atoms with Crippen molar-refractivity contribution < 1.29 is 23.5 Å². The van der Waals surface area contributed by atoms with Gasteiger partial charge < -0.3 is 19.4 Å². The maximum absolute atomic E-state index is 14.3. The van der Waals surface area contributed by atoms with E-state index in [-0.39, 0.29) is 36.6 Å². The van der Waals surface area contributed by atoms with Gasteiger partial charge in [-0.05, 0) is 45.4 Å². The SMILES string of the molecule is Cc1ccc(N2CC(C(=O)N3CCN(C(=O)OC(C)(C)C)CC3)CC2=O)c(F)c1. The molecule has 0 aliphatic carbocycles. The third-order valence-electron chi connectivity index (χ3n) is 5.11. The first-order chi connectivity index (χ1) is 13.5. The predicted molar refractivity (Wildman–Crippen MR) is 106 cm³/mol. The summed E-state index contributed by atoms with van der Waals surface area (Å²) in [5, 5.41) is 0. The Balaban J connectivity index is 1.58. The Bertz CT molecular complexity index is 813. The molecule has 2 aliphatic rings. The summed E-state index contributed by atoms with van der Waals surface area (Å²) in [4.78, 5) is 42.1. The van der Waals surface area contributed by atoms with Gasteiger partial charge in [0.1, 0.15) is 11.4 Å². The fraction of sp³-hybridized carbons (Fsp3) is 0.571. The van der Waals surface area contributed by atoms with Gasteiger partial charge in [0, 0.05) is 39.1 Å². The van der Waals surface area contributed by atoms with Crippen molar-refractivity contribution in [2.24, 2.45) is 5.92 Å². The van der Waals surface area contributed by atoms with Crippen LogP contribution in [-0.2, 0) is 14.3 Å². The van der Waals surface area contributed by atoms with E-state index in [2.05, 4.69) is 0 Å². The van der Waals surface area contributed by atoms with Gasteiger partial charge in [-0.1, -0.05) is 6.07 Å². The number of benzene rings is 1. The molecule has 29 heavy (non-hydrogen) atoms. The van der Waals surface area contributed by atoms with Crippen LogP contribution in [-0.4, -0.2) is 66.0 Å². The van der Waals surface area contributed by atoms with Gasteiger partial charge in [0.05, 0.1) is 11.6 Å². The normalized spacial score (nSPS) is 20.2. The molecule has 1 aromatic carbocycles. The molecule has 7 nitrogen and oxygen atoms in total. The van der Waals surface area contributed by atoms with Crippen molar-refractivity contribution in [2.75, 3.05) is 37.6 Å². The van der Waals surface area contributed by atoms with Crippen molar-refractivity contribution in [3.05, 3.63) is 29.6 Å². The zero-order valence-electron chi connectivity index (χ0n) is 17.4.